The van der Waals surface area contributed by atoms with Crippen LogP contribution in [0.4, 0.5) is 4.39 Å². The molecular weight excluding hydrogens is 611 g/mol. The summed E-state index contributed by atoms with van der Waals surface area (Å²) in [5, 5.41) is 14.3. The summed E-state index contributed by atoms with van der Waals surface area (Å²) in [6.45, 7) is 3.25. The summed E-state index contributed by atoms with van der Waals surface area (Å²) in [4.78, 5) is 53.7. The van der Waals surface area contributed by atoms with Crippen LogP contribution in [0.25, 0.3) is 10.8 Å². The van der Waals surface area contributed by atoms with E-state index in [-0.39, 0.29) is 29.5 Å². The van der Waals surface area contributed by atoms with Crippen LogP contribution in [0.1, 0.15) is 92.2 Å². The number of amides is 3. The molecule has 0 bridgehead atoms. The van der Waals surface area contributed by atoms with Crippen molar-refractivity contribution in [2.24, 2.45) is 5.92 Å². The Morgan fingerprint density at radius 1 is 0.854 bits per heavy atom. The van der Waals surface area contributed by atoms with Crippen molar-refractivity contribution in [3.63, 3.8) is 0 Å². The number of aromatic nitrogens is 2. The minimum Gasteiger partial charge on any atom is -0.356 e. The number of nitrogens with zero attached hydrogens (tertiary/aromatic N) is 3. The van der Waals surface area contributed by atoms with Crippen molar-refractivity contribution in [1.82, 2.24) is 30.6 Å². The van der Waals surface area contributed by atoms with Gasteiger partial charge >= 0.3 is 0 Å². The van der Waals surface area contributed by atoms with Gasteiger partial charge in [0.05, 0.1) is 23.2 Å². The largest absolute Gasteiger partial charge is 0.356 e. The maximum Gasteiger partial charge on any atom is 0.272 e. The number of aromatic amines is 1. The molecular formula is C37H49FN6O4. The highest BCUT2D eigenvalue weighted by Crippen LogP contribution is 2.26. The molecule has 2 fully saturated rings. The second-order valence-electron chi connectivity index (χ2n) is 13.2. The first kappa shape index (κ1) is 35.2. The van der Waals surface area contributed by atoms with Crippen LogP contribution in [-0.4, -0.2) is 83.5 Å². The molecule has 0 unspecified atom stereocenters. The van der Waals surface area contributed by atoms with Crippen LogP contribution in [0.2, 0.25) is 0 Å². The lowest BCUT2D eigenvalue weighted by molar-refractivity contribution is -0.131. The summed E-state index contributed by atoms with van der Waals surface area (Å²) < 4.78 is 14.8. The molecule has 3 N–H and O–H groups in total. The van der Waals surface area contributed by atoms with Gasteiger partial charge in [-0.25, -0.2) is 9.49 Å². The summed E-state index contributed by atoms with van der Waals surface area (Å²) in [5.41, 5.74) is 1.06. The average molecular weight is 661 g/mol. The Morgan fingerprint density at radius 2 is 1.54 bits per heavy atom. The zero-order chi connectivity index (χ0) is 33.7. The van der Waals surface area contributed by atoms with E-state index in [2.05, 4.69) is 20.8 Å². The third-order valence-corrected chi connectivity index (χ3v) is 9.65. The van der Waals surface area contributed by atoms with Gasteiger partial charge in [-0.15, -0.1) is 0 Å². The highest BCUT2D eigenvalue weighted by Gasteiger charge is 2.26. The highest BCUT2D eigenvalue weighted by atomic mass is 19.1. The number of halogens is 1. The molecule has 0 radical (unpaired) electrons. The fraction of sp³-hybridized carbons (Fsp3) is 0.541. The number of benzene rings is 2. The van der Waals surface area contributed by atoms with Crippen LogP contribution < -0.4 is 16.2 Å². The minimum absolute atomic E-state index is 0.000116. The Bertz CT molecular complexity index is 1600. The molecule has 10 nitrogen and oxygen atoms in total. The van der Waals surface area contributed by atoms with Crippen molar-refractivity contribution in [3.8, 4) is 0 Å². The van der Waals surface area contributed by atoms with Crippen LogP contribution in [-0.2, 0) is 16.0 Å². The molecule has 3 aromatic rings. The molecule has 1 saturated heterocycles. The van der Waals surface area contributed by atoms with Crippen LogP contribution in [0.3, 0.4) is 0 Å². The molecule has 1 saturated carbocycles. The van der Waals surface area contributed by atoms with E-state index in [4.69, 9.17) is 0 Å². The summed E-state index contributed by atoms with van der Waals surface area (Å²) in [6.07, 6.45) is 12.5. The second kappa shape index (κ2) is 17.9. The first-order valence-corrected chi connectivity index (χ1v) is 17.7. The molecule has 5 rings (SSSR count). The van der Waals surface area contributed by atoms with Crippen molar-refractivity contribution < 1.29 is 18.8 Å². The zero-order valence-electron chi connectivity index (χ0n) is 27.9. The summed E-state index contributed by atoms with van der Waals surface area (Å²) in [5.74, 6) is -0.216. The average Bonchev–Trinajstić information content (AvgIpc) is 3.11. The van der Waals surface area contributed by atoms with Gasteiger partial charge in [0.25, 0.3) is 11.5 Å². The van der Waals surface area contributed by atoms with E-state index in [0.717, 1.165) is 45.2 Å². The Hall–Kier alpha value is -4.12. The van der Waals surface area contributed by atoms with Gasteiger partial charge in [-0.3, -0.25) is 19.2 Å². The first-order chi connectivity index (χ1) is 23.4. The number of nitrogens with one attached hydrogen (secondary N) is 3. The van der Waals surface area contributed by atoms with E-state index in [0.29, 0.717) is 67.0 Å². The lowest BCUT2D eigenvalue weighted by Gasteiger charge is -2.35. The van der Waals surface area contributed by atoms with Gasteiger partial charge < -0.3 is 20.4 Å². The molecule has 1 aromatic heterocycles. The van der Waals surface area contributed by atoms with Crippen molar-refractivity contribution in [1.29, 1.82) is 0 Å². The SMILES string of the molecule is O=C(CC1CCCCC1)NCCCCCCCNCC(=O)N1CCN(C(=O)c2cc(Cc3n[nH]c(=O)c4ccccc34)ccc2F)CC1. The topological polar surface area (TPSA) is 128 Å². The smallest absolute Gasteiger partial charge is 0.272 e. The third kappa shape index (κ3) is 9.95. The molecule has 3 amide bonds. The number of hydrogen-bond donors (Lipinski definition) is 3. The summed E-state index contributed by atoms with van der Waals surface area (Å²) in [7, 11) is 0. The van der Waals surface area contributed by atoms with Crippen LogP contribution >= 0.6 is 0 Å². The standard InChI is InChI=1S/C37H49FN6O4/c38-32-16-15-28(24-33-29-13-7-8-14-30(29)36(47)42-41-33)23-31(32)37(48)44-21-19-43(20-22-44)35(46)26-39-17-9-2-1-3-10-18-40-34(45)25-27-11-5-4-6-12-27/h7-8,13-16,23,27,39H,1-6,9-12,17-22,24-26H2,(H,40,45)(H,42,47). The monoisotopic (exact) mass is 660 g/mol. The number of carbonyl (C=O) groups excluding carboxylic acids is 3. The van der Waals surface area contributed by atoms with E-state index in [1.54, 1.807) is 34.1 Å². The summed E-state index contributed by atoms with van der Waals surface area (Å²) >= 11 is 0. The molecule has 11 heteroatoms. The number of fused-ring (bicyclic) bond motifs is 1. The van der Waals surface area contributed by atoms with Gasteiger partial charge in [-0.05, 0) is 61.9 Å². The number of piperazine rings is 1. The Kier molecular flexibility index (Phi) is 13.1. The van der Waals surface area contributed by atoms with Crippen LogP contribution in [0, 0.1) is 11.7 Å². The second-order valence-corrected chi connectivity index (χ2v) is 13.2. The van der Waals surface area contributed by atoms with E-state index in [1.165, 1.54) is 38.2 Å². The first-order valence-electron chi connectivity index (χ1n) is 17.7. The highest BCUT2D eigenvalue weighted by molar-refractivity contribution is 5.95. The minimum atomic E-state index is -0.595. The molecule has 2 aromatic carbocycles. The van der Waals surface area contributed by atoms with E-state index in [9.17, 15) is 23.6 Å². The number of rotatable bonds is 15. The van der Waals surface area contributed by atoms with Gasteiger partial charge in [0.1, 0.15) is 5.82 Å². The predicted octanol–water partition coefficient (Wildman–Crippen LogP) is 4.56. The molecule has 1 aliphatic carbocycles. The molecule has 1 aliphatic heterocycles. The van der Waals surface area contributed by atoms with Crippen molar-refractivity contribution in [3.05, 3.63) is 75.5 Å². The fourth-order valence-electron chi connectivity index (χ4n) is 6.84. The van der Waals surface area contributed by atoms with Crippen molar-refractivity contribution >= 4 is 28.5 Å². The number of hydrogen-bond acceptors (Lipinski definition) is 6. The predicted molar refractivity (Wildman–Crippen MR) is 184 cm³/mol. The molecule has 0 spiro atoms. The van der Waals surface area contributed by atoms with E-state index in [1.807, 2.05) is 12.1 Å². The maximum atomic E-state index is 14.8. The summed E-state index contributed by atoms with van der Waals surface area (Å²) in [6, 6.07) is 11.6. The number of unbranched alkanes of at least 4 members (excludes halogenated alkanes) is 4. The zero-order valence-corrected chi connectivity index (χ0v) is 27.9. The Morgan fingerprint density at radius 3 is 2.31 bits per heavy atom. The van der Waals surface area contributed by atoms with Gasteiger partial charge in [0.2, 0.25) is 11.8 Å². The van der Waals surface area contributed by atoms with Crippen molar-refractivity contribution in [2.75, 3.05) is 45.8 Å². The lowest BCUT2D eigenvalue weighted by atomic mass is 9.87. The number of carbonyl (C=O) groups is 3. The molecule has 2 aliphatic rings. The van der Waals surface area contributed by atoms with Crippen molar-refractivity contribution in [2.45, 2.75) is 77.0 Å². The Balaban J connectivity index is 0.958. The maximum absolute atomic E-state index is 14.8. The van der Waals surface area contributed by atoms with Crippen LogP contribution in [0.15, 0.2) is 47.3 Å². The lowest BCUT2D eigenvalue weighted by Crippen LogP contribution is -2.52. The van der Waals surface area contributed by atoms with Gasteiger partial charge in [0.15, 0.2) is 0 Å². The Labute approximate surface area is 281 Å². The fourth-order valence-corrected chi connectivity index (χ4v) is 6.84. The third-order valence-electron chi connectivity index (χ3n) is 9.65. The quantitative estimate of drug-likeness (QED) is 0.205. The van der Waals surface area contributed by atoms with E-state index >= 15 is 0 Å². The number of H-pyrrole nitrogens is 1. The van der Waals surface area contributed by atoms with Gasteiger partial charge in [-0.1, -0.05) is 62.8 Å². The molecule has 0 atom stereocenters. The van der Waals surface area contributed by atoms with Gasteiger partial charge in [-0.2, -0.15) is 5.10 Å². The van der Waals surface area contributed by atoms with Crippen LogP contribution in [0.5, 0.6) is 0 Å². The molecule has 258 valence electrons. The van der Waals surface area contributed by atoms with Gasteiger partial charge in [0, 0.05) is 51.0 Å². The van der Waals surface area contributed by atoms with E-state index < -0.39 is 11.7 Å². The molecule has 2 heterocycles. The normalized spacial score (nSPS) is 15.5. The molecule has 48 heavy (non-hydrogen) atoms.